The lowest BCUT2D eigenvalue weighted by Gasteiger charge is -2.09. The summed E-state index contributed by atoms with van der Waals surface area (Å²) in [5.41, 5.74) is -0.417. The van der Waals surface area contributed by atoms with Crippen LogP contribution in [0.3, 0.4) is 0 Å². The highest BCUT2D eigenvalue weighted by molar-refractivity contribution is 9.08. The second-order valence-corrected chi connectivity index (χ2v) is 3.29. The van der Waals surface area contributed by atoms with E-state index in [4.69, 9.17) is 5.26 Å². The molecular formula is C9H6BrF3N2. The van der Waals surface area contributed by atoms with Crippen molar-refractivity contribution in [3.63, 3.8) is 0 Å². The Bertz CT molecular complexity index is 401. The molecule has 0 bridgehead atoms. The van der Waals surface area contributed by atoms with Gasteiger partial charge in [0.1, 0.15) is 0 Å². The molecule has 0 saturated carbocycles. The van der Waals surface area contributed by atoms with Gasteiger partial charge in [0.25, 0.3) is 6.43 Å². The molecule has 1 aromatic heterocycles. The molecule has 0 spiro atoms. The van der Waals surface area contributed by atoms with E-state index in [0.29, 0.717) is 0 Å². The minimum absolute atomic E-state index is 0.102. The molecule has 0 aliphatic rings. The Balaban J connectivity index is 3.34. The SMILES string of the molecule is N#CCc1nc(F)cc(CBr)c1C(F)F. The first-order valence-corrected chi connectivity index (χ1v) is 5.11. The Morgan fingerprint density at radius 1 is 1.53 bits per heavy atom. The van der Waals surface area contributed by atoms with Crippen molar-refractivity contribution >= 4 is 15.9 Å². The highest BCUT2D eigenvalue weighted by Gasteiger charge is 2.19. The summed E-state index contributed by atoms with van der Waals surface area (Å²) in [5, 5.41) is 8.51. The molecule has 0 atom stereocenters. The van der Waals surface area contributed by atoms with Gasteiger partial charge in [-0.1, -0.05) is 15.9 Å². The van der Waals surface area contributed by atoms with E-state index >= 15 is 0 Å². The first-order valence-electron chi connectivity index (χ1n) is 3.99. The van der Waals surface area contributed by atoms with Crippen LogP contribution in [0.1, 0.15) is 23.2 Å². The first-order chi connectivity index (χ1) is 7.10. The highest BCUT2D eigenvalue weighted by atomic mass is 79.9. The number of hydrogen-bond donors (Lipinski definition) is 0. The van der Waals surface area contributed by atoms with Crippen LogP contribution in [0.25, 0.3) is 0 Å². The van der Waals surface area contributed by atoms with Crippen molar-refractivity contribution in [1.82, 2.24) is 4.98 Å². The van der Waals surface area contributed by atoms with Gasteiger partial charge < -0.3 is 0 Å². The van der Waals surface area contributed by atoms with Crippen LogP contribution in [-0.2, 0) is 11.8 Å². The number of nitrogens with zero attached hydrogens (tertiary/aromatic N) is 2. The van der Waals surface area contributed by atoms with Crippen molar-refractivity contribution < 1.29 is 13.2 Å². The molecule has 0 radical (unpaired) electrons. The first kappa shape index (κ1) is 12.0. The number of hydrogen-bond acceptors (Lipinski definition) is 2. The van der Waals surface area contributed by atoms with Crippen molar-refractivity contribution in [3.8, 4) is 6.07 Å². The standard InChI is InChI=1S/C9H6BrF3N2/c10-4-5-3-7(11)15-6(1-2-14)8(5)9(12)13/h3,9H,1,4H2. The minimum Gasteiger partial charge on any atom is -0.223 e. The van der Waals surface area contributed by atoms with Crippen molar-refractivity contribution in [2.75, 3.05) is 0 Å². The number of pyridine rings is 1. The molecule has 2 nitrogen and oxygen atoms in total. The number of rotatable bonds is 3. The third-order valence-electron chi connectivity index (χ3n) is 1.80. The van der Waals surface area contributed by atoms with E-state index in [-0.39, 0.29) is 28.6 Å². The van der Waals surface area contributed by atoms with Crippen molar-refractivity contribution in [2.45, 2.75) is 18.2 Å². The Morgan fingerprint density at radius 2 is 2.20 bits per heavy atom. The van der Waals surface area contributed by atoms with E-state index < -0.39 is 12.4 Å². The minimum atomic E-state index is -2.76. The Morgan fingerprint density at radius 3 is 2.67 bits per heavy atom. The predicted molar refractivity (Wildman–Crippen MR) is 51.1 cm³/mol. The van der Waals surface area contributed by atoms with Crippen LogP contribution in [0.5, 0.6) is 0 Å². The van der Waals surface area contributed by atoms with Gasteiger partial charge in [0.05, 0.1) is 18.2 Å². The molecule has 0 amide bonds. The molecule has 0 N–H and O–H groups in total. The molecule has 0 unspecified atom stereocenters. The Kier molecular flexibility index (Phi) is 4.09. The smallest absolute Gasteiger partial charge is 0.223 e. The van der Waals surface area contributed by atoms with Gasteiger partial charge in [-0.3, -0.25) is 0 Å². The lowest BCUT2D eigenvalue weighted by atomic mass is 10.1. The summed E-state index contributed by atoms with van der Waals surface area (Å²) >= 11 is 2.99. The van der Waals surface area contributed by atoms with Crippen LogP contribution in [0, 0.1) is 17.3 Å². The molecule has 0 aromatic carbocycles. The summed E-state index contributed by atoms with van der Waals surface area (Å²) in [4.78, 5) is 3.30. The van der Waals surface area contributed by atoms with Gasteiger partial charge in [0.15, 0.2) is 0 Å². The van der Waals surface area contributed by atoms with Crippen LogP contribution < -0.4 is 0 Å². The molecule has 1 heterocycles. The average molecular weight is 279 g/mol. The fourth-order valence-corrected chi connectivity index (χ4v) is 1.68. The molecule has 0 fully saturated rings. The van der Waals surface area contributed by atoms with Crippen molar-refractivity contribution in [2.24, 2.45) is 0 Å². The van der Waals surface area contributed by atoms with Gasteiger partial charge in [-0.2, -0.15) is 9.65 Å². The van der Waals surface area contributed by atoms with Gasteiger partial charge >= 0.3 is 0 Å². The molecule has 0 saturated heterocycles. The molecule has 80 valence electrons. The Labute approximate surface area is 92.9 Å². The second kappa shape index (κ2) is 5.12. The van der Waals surface area contributed by atoms with E-state index in [1.54, 1.807) is 6.07 Å². The third-order valence-corrected chi connectivity index (χ3v) is 2.40. The van der Waals surface area contributed by atoms with Crippen LogP contribution in [0.15, 0.2) is 6.07 Å². The van der Waals surface area contributed by atoms with Gasteiger partial charge in [0.2, 0.25) is 5.95 Å². The monoisotopic (exact) mass is 278 g/mol. The second-order valence-electron chi connectivity index (χ2n) is 2.73. The quantitative estimate of drug-likeness (QED) is 0.629. The largest absolute Gasteiger partial charge is 0.265 e. The zero-order valence-corrected chi connectivity index (χ0v) is 9.06. The topological polar surface area (TPSA) is 36.7 Å². The molecule has 0 aliphatic carbocycles. The van der Waals surface area contributed by atoms with E-state index in [9.17, 15) is 13.2 Å². The lowest BCUT2D eigenvalue weighted by molar-refractivity contribution is 0.148. The zero-order chi connectivity index (χ0) is 11.4. The van der Waals surface area contributed by atoms with E-state index in [2.05, 4.69) is 20.9 Å². The summed E-state index contributed by atoms with van der Waals surface area (Å²) < 4.78 is 38.2. The van der Waals surface area contributed by atoms with Crippen LogP contribution in [0.2, 0.25) is 0 Å². The molecule has 0 aliphatic heterocycles. The maximum atomic E-state index is 12.9. The third kappa shape index (κ3) is 2.69. The van der Waals surface area contributed by atoms with Crippen molar-refractivity contribution in [1.29, 1.82) is 5.26 Å². The van der Waals surface area contributed by atoms with Crippen LogP contribution in [0.4, 0.5) is 13.2 Å². The van der Waals surface area contributed by atoms with Crippen LogP contribution >= 0.6 is 15.9 Å². The maximum Gasteiger partial charge on any atom is 0.265 e. The number of aromatic nitrogens is 1. The summed E-state index contributed by atoms with van der Waals surface area (Å²) in [6, 6.07) is 2.62. The van der Waals surface area contributed by atoms with E-state index in [1.807, 2.05) is 0 Å². The van der Waals surface area contributed by atoms with Gasteiger partial charge in [-0.25, -0.2) is 13.8 Å². The van der Waals surface area contributed by atoms with Crippen molar-refractivity contribution in [3.05, 3.63) is 28.8 Å². The van der Waals surface area contributed by atoms with Crippen LogP contribution in [-0.4, -0.2) is 4.98 Å². The number of halogens is 4. The van der Waals surface area contributed by atoms with E-state index in [1.165, 1.54) is 0 Å². The molecular weight excluding hydrogens is 273 g/mol. The molecule has 1 rings (SSSR count). The molecule has 1 aromatic rings. The average Bonchev–Trinajstić information content (AvgIpc) is 2.16. The summed E-state index contributed by atoms with van der Waals surface area (Å²) in [7, 11) is 0. The zero-order valence-electron chi connectivity index (χ0n) is 7.48. The maximum absolute atomic E-state index is 12.9. The predicted octanol–water partition coefficient (Wildman–Crippen LogP) is 3.12. The highest BCUT2D eigenvalue weighted by Crippen LogP contribution is 2.28. The fraction of sp³-hybridized carbons (Fsp3) is 0.333. The lowest BCUT2D eigenvalue weighted by Crippen LogP contribution is -2.04. The van der Waals surface area contributed by atoms with Gasteiger partial charge in [0, 0.05) is 10.9 Å². The molecule has 6 heteroatoms. The van der Waals surface area contributed by atoms with Gasteiger partial charge in [-0.05, 0) is 11.6 Å². The summed E-state index contributed by atoms with van der Waals surface area (Å²) in [6.07, 6.45) is -3.08. The normalized spacial score (nSPS) is 10.4. The fourth-order valence-electron chi connectivity index (χ4n) is 1.21. The van der Waals surface area contributed by atoms with Gasteiger partial charge in [-0.15, -0.1) is 0 Å². The Hall–Kier alpha value is -1.09. The molecule has 15 heavy (non-hydrogen) atoms. The number of nitriles is 1. The number of alkyl halides is 3. The summed E-state index contributed by atoms with van der Waals surface area (Å²) in [6.45, 7) is 0. The van der Waals surface area contributed by atoms with E-state index in [0.717, 1.165) is 6.07 Å². The summed E-state index contributed by atoms with van der Waals surface area (Å²) in [5.74, 6) is -0.848.